The van der Waals surface area contributed by atoms with Crippen molar-refractivity contribution in [1.82, 2.24) is 0 Å². The standard InChI is InChI=1S/BH3O3.5FH.Mg.2H/c2-1(3)4;;;;;;;;/h2-4H;5*1H;;;. The third-order valence-electron chi connectivity index (χ3n) is 0. The Labute approximate surface area is 69.6 Å². The molecule has 10 heavy (non-hydrogen) atoms. The van der Waals surface area contributed by atoms with Crippen LogP contribution in [0.4, 0.5) is 23.5 Å². The van der Waals surface area contributed by atoms with Crippen LogP contribution < -0.4 is 0 Å². The van der Waals surface area contributed by atoms with E-state index in [0.29, 0.717) is 0 Å². The number of halogens is 5. The lowest BCUT2D eigenvalue weighted by atomic mass is 10.3. The highest BCUT2D eigenvalue weighted by Crippen LogP contribution is 1.40. The van der Waals surface area contributed by atoms with Gasteiger partial charge >= 0.3 is 30.4 Å². The summed E-state index contributed by atoms with van der Waals surface area (Å²) in [6.07, 6.45) is 0. The summed E-state index contributed by atoms with van der Waals surface area (Å²) in [6, 6.07) is 0. The van der Waals surface area contributed by atoms with E-state index in [0.717, 1.165) is 0 Å². The first kappa shape index (κ1) is 80.4. The summed E-state index contributed by atoms with van der Waals surface area (Å²) >= 11 is 0. The largest absolute Gasteiger partial charge is 0.631 e. The van der Waals surface area contributed by atoms with Gasteiger partial charge in [0.05, 0.1) is 0 Å². The Balaban J connectivity index is -0.00000000300. The van der Waals surface area contributed by atoms with Crippen molar-refractivity contribution in [3.63, 3.8) is 0 Å². The molecule has 0 saturated carbocycles. The molecule has 0 fully saturated rings. The normalized spacial score (nSPS) is 2.70. The van der Waals surface area contributed by atoms with Crippen molar-refractivity contribution in [2.75, 3.05) is 0 Å². The van der Waals surface area contributed by atoms with E-state index in [4.69, 9.17) is 15.1 Å². The van der Waals surface area contributed by atoms with Crippen LogP contribution in [0.1, 0.15) is 0 Å². The predicted molar refractivity (Wildman–Crippen MR) is 33.5 cm³/mol. The summed E-state index contributed by atoms with van der Waals surface area (Å²) in [4.78, 5) is 0. The van der Waals surface area contributed by atoms with Gasteiger partial charge in [0.25, 0.3) is 0 Å². The van der Waals surface area contributed by atoms with Crippen molar-refractivity contribution in [2.24, 2.45) is 0 Å². The minimum atomic E-state index is -2.17. The SMILES string of the molecule is F.F.F.F.F.OB(O)O.[MgH2]. The molecule has 0 bridgehead atoms. The van der Waals surface area contributed by atoms with Crippen LogP contribution in [0.3, 0.4) is 0 Å². The maximum atomic E-state index is 7.17. The molecule has 0 unspecified atom stereocenters. The zero-order valence-corrected chi connectivity index (χ0v) is 3.96. The van der Waals surface area contributed by atoms with Gasteiger partial charge in [-0.2, -0.15) is 0 Å². The highest BCUT2D eigenvalue weighted by atomic mass is 24.3. The third kappa shape index (κ3) is 3470. The van der Waals surface area contributed by atoms with Gasteiger partial charge in [0, 0.05) is 0 Å². The van der Waals surface area contributed by atoms with E-state index < -0.39 is 7.32 Å². The first-order chi connectivity index (χ1) is 1.73. The Hall–Kier alpha value is 0.361. The predicted octanol–water partition coefficient (Wildman–Crippen LogP) is -2.21. The Morgan fingerprint density at radius 3 is 0.600 bits per heavy atom. The molecule has 0 aromatic rings. The molecule has 0 aromatic heterocycles. The Kier molecular flexibility index (Phi) is 466. The van der Waals surface area contributed by atoms with E-state index in [1.54, 1.807) is 0 Å². The molecule has 0 atom stereocenters. The van der Waals surface area contributed by atoms with Gasteiger partial charge in [0.15, 0.2) is 0 Å². The molecule has 3 N–H and O–H groups in total. The summed E-state index contributed by atoms with van der Waals surface area (Å²) < 4.78 is 0. The van der Waals surface area contributed by atoms with Crippen molar-refractivity contribution in [3.05, 3.63) is 0 Å². The van der Waals surface area contributed by atoms with Crippen molar-refractivity contribution >= 4 is 30.4 Å². The van der Waals surface area contributed by atoms with Crippen LogP contribution >= 0.6 is 0 Å². The molecular weight excluding hydrogens is 178 g/mol. The fraction of sp³-hybridized carbons (Fsp3) is 0. The van der Waals surface area contributed by atoms with Crippen LogP contribution in [-0.4, -0.2) is 45.4 Å². The van der Waals surface area contributed by atoms with Crippen molar-refractivity contribution in [2.45, 2.75) is 0 Å². The lowest BCUT2D eigenvalue weighted by Crippen LogP contribution is -2.07. The second-order valence-corrected chi connectivity index (χ2v) is 0.346. The first-order valence-electron chi connectivity index (χ1n) is 0.775. The van der Waals surface area contributed by atoms with Crippen LogP contribution in [0, 0.1) is 0 Å². The summed E-state index contributed by atoms with van der Waals surface area (Å²) in [5.74, 6) is 0. The van der Waals surface area contributed by atoms with Gasteiger partial charge in [-0.3, -0.25) is 23.5 Å². The van der Waals surface area contributed by atoms with E-state index in [-0.39, 0.29) is 46.6 Å². The Bertz CT molecular complexity index is 21.6. The molecule has 0 amide bonds. The van der Waals surface area contributed by atoms with E-state index in [9.17, 15) is 0 Å². The minimum Gasteiger partial charge on any atom is -0.402 e. The molecule has 0 saturated heterocycles. The maximum absolute atomic E-state index is 7.17. The zero-order valence-electron chi connectivity index (χ0n) is 3.96. The molecule has 68 valence electrons. The van der Waals surface area contributed by atoms with Crippen molar-refractivity contribution < 1.29 is 38.6 Å². The van der Waals surface area contributed by atoms with Crippen LogP contribution in [0.5, 0.6) is 0 Å². The molecule has 3 nitrogen and oxygen atoms in total. The summed E-state index contributed by atoms with van der Waals surface area (Å²) in [5, 5.41) is 21.5. The van der Waals surface area contributed by atoms with Crippen molar-refractivity contribution in [1.29, 1.82) is 0 Å². The van der Waals surface area contributed by atoms with E-state index in [1.165, 1.54) is 0 Å². The second-order valence-electron chi connectivity index (χ2n) is 0.346. The van der Waals surface area contributed by atoms with Gasteiger partial charge in [-0.25, -0.2) is 0 Å². The van der Waals surface area contributed by atoms with Crippen molar-refractivity contribution in [3.8, 4) is 0 Å². The molecule has 10 heteroatoms. The fourth-order valence-corrected chi connectivity index (χ4v) is 0. The Morgan fingerprint density at radius 1 is 0.600 bits per heavy atom. The average molecular weight is 188 g/mol. The van der Waals surface area contributed by atoms with Crippen LogP contribution in [0.15, 0.2) is 0 Å². The lowest BCUT2D eigenvalue weighted by molar-refractivity contribution is 0.278. The van der Waals surface area contributed by atoms with Gasteiger partial charge < -0.3 is 15.1 Å². The molecule has 0 heterocycles. The molecule has 0 rings (SSSR count). The van der Waals surface area contributed by atoms with Gasteiger partial charge in [-0.05, 0) is 0 Å². The maximum Gasteiger partial charge on any atom is 0.631 e. The smallest absolute Gasteiger partial charge is 0.402 e. The highest BCUT2D eigenvalue weighted by Gasteiger charge is 1.92. The number of rotatable bonds is 0. The number of hydrogen-bond donors (Lipinski definition) is 3. The third-order valence-corrected chi connectivity index (χ3v) is 0. The fourth-order valence-electron chi connectivity index (χ4n) is 0. The van der Waals surface area contributed by atoms with Gasteiger partial charge in [0.2, 0.25) is 0 Å². The average Bonchev–Trinajstić information content (AvgIpc) is 0.811. The topological polar surface area (TPSA) is 60.7 Å². The number of hydrogen-bond acceptors (Lipinski definition) is 3. The van der Waals surface area contributed by atoms with E-state index in [1.807, 2.05) is 0 Å². The van der Waals surface area contributed by atoms with Gasteiger partial charge in [-0.15, -0.1) is 0 Å². The monoisotopic (exact) mass is 188 g/mol. The molecule has 0 radical (unpaired) electrons. The zero-order chi connectivity index (χ0) is 3.58. The molecular formula is H10BF5MgO3. The first-order valence-corrected chi connectivity index (χ1v) is 0.775. The lowest BCUT2D eigenvalue weighted by Gasteiger charge is -1.69. The minimum absolute atomic E-state index is 0. The summed E-state index contributed by atoms with van der Waals surface area (Å²) in [7, 11) is -2.17. The molecule has 0 spiro atoms. The molecule has 0 aliphatic rings. The van der Waals surface area contributed by atoms with Gasteiger partial charge in [0.1, 0.15) is 0 Å². The van der Waals surface area contributed by atoms with E-state index >= 15 is 0 Å². The quantitative estimate of drug-likeness (QED) is 0.298. The molecule has 0 aromatic carbocycles. The summed E-state index contributed by atoms with van der Waals surface area (Å²) in [5.41, 5.74) is 0. The van der Waals surface area contributed by atoms with Gasteiger partial charge in [-0.1, -0.05) is 0 Å². The second kappa shape index (κ2) is 57.9. The molecule has 0 aliphatic carbocycles. The Morgan fingerprint density at radius 2 is 0.600 bits per heavy atom. The molecule has 0 aliphatic heterocycles. The summed E-state index contributed by atoms with van der Waals surface area (Å²) in [6.45, 7) is 0. The van der Waals surface area contributed by atoms with Crippen LogP contribution in [0.25, 0.3) is 0 Å². The van der Waals surface area contributed by atoms with Crippen LogP contribution in [0.2, 0.25) is 0 Å². The van der Waals surface area contributed by atoms with Crippen LogP contribution in [-0.2, 0) is 0 Å². The van der Waals surface area contributed by atoms with E-state index in [2.05, 4.69) is 0 Å². The highest BCUT2D eigenvalue weighted by molar-refractivity contribution is 6.30.